The maximum absolute atomic E-state index is 3.85. The summed E-state index contributed by atoms with van der Waals surface area (Å²) >= 11 is 0. The van der Waals surface area contributed by atoms with Gasteiger partial charge in [-0.05, 0) is 67.7 Å². The second-order valence-corrected chi connectivity index (χ2v) is 6.65. The third-order valence-corrected chi connectivity index (χ3v) is 4.89. The fourth-order valence-electron chi connectivity index (χ4n) is 3.86. The van der Waals surface area contributed by atoms with Crippen LogP contribution in [0.5, 0.6) is 0 Å². The minimum atomic E-state index is 0.552. The summed E-state index contributed by atoms with van der Waals surface area (Å²) in [4.78, 5) is 0. The van der Waals surface area contributed by atoms with Crippen LogP contribution in [0, 0.1) is 5.92 Å². The molecule has 1 aromatic rings. The van der Waals surface area contributed by atoms with Crippen molar-refractivity contribution in [3.63, 3.8) is 0 Å². The second kappa shape index (κ2) is 8.58. The lowest BCUT2D eigenvalue weighted by Gasteiger charge is -2.29. The first kappa shape index (κ1) is 16.5. The van der Waals surface area contributed by atoms with Gasteiger partial charge in [-0.25, -0.2) is 0 Å². The van der Waals surface area contributed by atoms with Gasteiger partial charge in [-0.2, -0.15) is 0 Å². The molecule has 0 saturated heterocycles. The molecule has 1 unspecified atom stereocenters. The summed E-state index contributed by atoms with van der Waals surface area (Å²) < 4.78 is 0. The topological polar surface area (TPSA) is 12.0 Å². The van der Waals surface area contributed by atoms with Gasteiger partial charge >= 0.3 is 0 Å². The Morgan fingerprint density at radius 2 is 1.67 bits per heavy atom. The van der Waals surface area contributed by atoms with E-state index >= 15 is 0 Å². The minimum absolute atomic E-state index is 0.552. The first-order valence-corrected chi connectivity index (χ1v) is 9.15. The van der Waals surface area contributed by atoms with Crippen LogP contribution in [-0.2, 0) is 12.8 Å². The van der Waals surface area contributed by atoms with Crippen LogP contribution in [0.25, 0.3) is 0 Å². The van der Waals surface area contributed by atoms with Gasteiger partial charge in [0.05, 0.1) is 0 Å². The molecular formula is C20H33N. The zero-order chi connectivity index (χ0) is 15.1. The van der Waals surface area contributed by atoms with Crippen LogP contribution in [-0.4, -0.2) is 6.54 Å². The van der Waals surface area contributed by atoms with Gasteiger partial charge in [0.2, 0.25) is 0 Å². The van der Waals surface area contributed by atoms with Gasteiger partial charge in [0.1, 0.15) is 0 Å². The summed E-state index contributed by atoms with van der Waals surface area (Å²) in [5.41, 5.74) is 4.74. The molecule has 0 saturated carbocycles. The lowest BCUT2D eigenvalue weighted by Crippen LogP contribution is -2.29. The Kier molecular flexibility index (Phi) is 6.76. The zero-order valence-electron chi connectivity index (χ0n) is 14.3. The standard InChI is InChI=1S/C20H33N/c1-4-8-17(9-5-2)20(21-14-6-3)19-13-12-16-10-7-11-18(16)15-19/h12-13,15,17,20-21H,4-11,14H2,1-3H3. The van der Waals surface area contributed by atoms with E-state index < -0.39 is 0 Å². The fourth-order valence-corrected chi connectivity index (χ4v) is 3.86. The first-order chi connectivity index (χ1) is 10.3. The van der Waals surface area contributed by atoms with Gasteiger partial charge in [-0.1, -0.05) is 51.8 Å². The molecule has 0 fully saturated rings. The third kappa shape index (κ3) is 4.32. The molecule has 0 bridgehead atoms. The molecule has 0 aromatic heterocycles. The van der Waals surface area contributed by atoms with Gasteiger partial charge in [0, 0.05) is 6.04 Å². The Labute approximate surface area is 131 Å². The molecule has 1 atom stereocenters. The van der Waals surface area contributed by atoms with Gasteiger partial charge in [0.25, 0.3) is 0 Å². The predicted molar refractivity (Wildman–Crippen MR) is 92.8 cm³/mol. The Balaban J connectivity index is 2.20. The second-order valence-electron chi connectivity index (χ2n) is 6.65. The van der Waals surface area contributed by atoms with Crippen molar-refractivity contribution < 1.29 is 0 Å². The van der Waals surface area contributed by atoms with Crippen molar-refractivity contribution in [2.45, 2.75) is 78.2 Å². The molecular weight excluding hydrogens is 254 g/mol. The van der Waals surface area contributed by atoms with Crippen molar-refractivity contribution in [3.05, 3.63) is 34.9 Å². The average Bonchev–Trinajstić information content (AvgIpc) is 2.95. The predicted octanol–water partition coefficient (Wildman–Crippen LogP) is 5.43. The molecule has 2 rings (SSSR count). The smallest absolute Gasteiger partial charge is 0.0348 e. The zero-order valence-corrected chi connectivity index (χ0v) is 14.3. The Morgan fingerprint density at radius 1 is 0.952 bits per heavy atom. The average molecular weight is 287 g/mol. The van der Waals surface area contributed by atoms with E-state index in [2.05, 4.69) is 44.3 Å². The largest absolute Gasteiger partial charge is 0.310 e. The van der Waals surface area contributed by atoms with E-state index in [4.69, 9.17) is 0 Å². The maximum atomic E-state index is 3.85. The van der Waals surface area contributed by atoms with Crippen LogP contribution < -0.4 is 5.32 Å². The summed E-state index contributed by atoms with van der Waals surface area (Å²) in [7, 11) is 0. The van der Waals surface area contributed by atoms with Gasteiger partial charge in [0.15, 0.2) is 0 Å². The summed E-state index contributed by atoms with van der Waals surface area (Å²) in [5.74, 6) is 0.783. The first-order valence-electron chi connectivity index (χ1n) is 9.15. The van der Waals surface area contributed by atoms with E-state index in [9.17, 15) is 0 Å². The van der Waals surface area contributed by atoms with E-state index in [-0.39, 0.29) is 0 Å². The third-order valence-electron chi connectivity index (χ3n) is 4.89. The van der Waals surface area contributed by atoms with Gasteiger partial charge in [-0.3, -0.25) is 0 Å². The molecule has 21 heavy (non-hydrogen) atoms. The highest BCUT2D eigenvalue weighted by Crippen LogP contribution is 2.32. The maximum Gasteiger partial charge on any atom is 0.0348 e. The van der Waals surface area contributed by atoms with Crippen LogP contribution in [0.2, 0.25) is 0 Å². The summed E-state index contributed by atoms with van der Waals surface area (Å²) in [6, 6.07) is 7.85. The number of benzene rings is 1. The van der Waals surface area contributed by atoms with Crippen molar-refractivity contribution in [1.29, 1.82) is 0 Å². The van der Waals surface area contributed by atoms with Crippen LogP contribution in [0.4, 0.5) is 0 Å². The molecule has 1 N–H and O–H groups in total. The van der Waals surface area contributed by atoms with Crippen LogP contribution >= 0.6 is 0 Å². The van der Waals surface area contributed by atoms with Crippen molar-refractivity contribution in [2.75, 3.05) is 6.54 Å². The van der Waals surface area contributed by atoms with Crippen molar-refractivity contribution in [2.24, 2.45) is 5.92 Å². The van der Waals surface area contributed by atoms with Crippen LogP contribution in [0.3, 0.4) is 0 Å². The summed E-state index contributed by atoms with van der Waals surface area (Å²) in [6.45, 7) is 8.04. The molecule has 1 aromatic carbocycles. The minimum Gasteiger partial charge on any atom is -0.310 e. The number of fused-ring (bicyclic) bond motifs is 1. The highest BCUT2D eigenvalue weighted by molar-refractivity contribution is 5.36. The van der Waals surface area contributed by atoms with E-state index in [1.165, 1.54) is 56.9 Å². The van der Waals surface area contributed by atoms with E-state index in [0.29, 0.717) is 6.04 Å². The summed E-state index contributed by atoms with van der Waals surface area (Å²) in [5, 5.41) is 3.85. The normalized spacial score (nSPS) is 15.4. The van der Waals surface area contributed by atoms with Crippen LogP contribution in [0.1, 0.15) is 82.0 Å². The molecule has 1 nitrogen and oxygen atoms in total. The molecule has 0 amide bonds. The molecule has 118 valence electrons. The number of rotatable bonds is 9. The lowest BCUT2D eigenvalue weighted by atomic mass is 9.85. The van der Waals surface area contributed by atoms with Gasteiger partial charge < -0.3 is 5.32 Å². The lowest BCUT2D eigenvalue weighted by molar-refractivity contribution is 0.316. The van der Waals surface area contributed by atoms with E-state index in [1.54, 1.807) is 11.1 Å². The molecule has 1 aliphatic rings. The molecule has 0 spiro atoms. The number of aryl methyl sites for hydroxylation is 2. The Hall–Kier alpha value is -0.820. The Bertz CT molecular complexity index is 418. The van der Waals surface area contributed by atoms with Crippen molar-refractivity contribution >= 4 is 0 Å². The van der Waals surface area contributed by atoms with Crippen molar-refractivity contribution in [3.8, 4) is 0 Å². The molecule has 0 radical (unpaired) electrons. The van der Waals surface area contributed by atoms with Crippen molar-refractivity contribution in [1.82, 2.24) is 5.32 Å². The number of hydrogen-bond acceptors (Lipinski definition) is 1. The monoisotopic (exact) mass is 287 g/mol. The van der Waals surface area contributed by atoms with Crippen LogP contribution in [0.15, 0.2) is 18.2 Å². The number of nitrogens with one attached hydrogen (secondary N) is 1. The fraction of sp³-hybridized carbons (Fsp3) is 0.700. The van der Waals surface area contributed by atoms with E-state index in [0.717, 1.165) is 12.5 Å². The molecule has 0 aliphatic heterocycles. The molecule has 0 heterocycles. The molecule has 1 heteroatoms. The SMILES string of the molecule is CCCNC(c1ccc2c(c1)CCC2)C(CCC)CCC. The van der Waals surface area contributed by atoms with Gasteiger partial charge in [-0.15, -0.1) is 0 Å². The summed E-state index contributed by atoms with van der Waals surface area (Å²) in [6.07, 6.45) is 10.4. The quantitative estimate of drug-likeness (QED) is 0.638. The Morgan fingerprint density at radius 3 is 2.33 bits per heavy atom. The van der Waals surface area contributed by atoms with E-state index in [1.807, 2.05) is 0 Å². The molecule has 1 aliphatic carbocycles. The number of hydrogen-bond donors (Lipinski definition) is 1. The highest BCUT2D eigenvalue weighted by atomic mass is 14.9. The highest BCUT2D eigenvalue weighted by Gasteiger charge is 2.23.